The minimum Gasteiger partial charge on any atom is -0.772 e. The zero-order valence-electron chi connectivity index (χ0n) is 4.78. The first-order chi connectivity index (χ1) is 4.20. The molecule has 0 aromatic heterocycles. The molecule has 0 amide bonds. The molecule has 0 radical (unpaired) electrons. The zero-order valence-corrected chi connectivity index (χ0v) is 5.60. The lowest BCUT2D eigenvalue weighted by atomic mass is 10.2. The van der Waals surface area contributed by atoms with Crippen LogP contribution in [0.5, 0.6) is 0 Å². The van der Waals surface area contributed by atoms with Crippen LogP contribution in [0.25, 0.3) is 0 Å². The van der Waals surface area contributed by atoms with Gasteiger partial charge >= 0.3 is 0 Å². The van der Waals surface area contributed by atoms with Crippen LogP contribution in [0.4, 0.5) is 0 Å². The van der Waals surface area contributed by atoms with E-state index in [0.29, 0.717) is 6.29 Å². The van der Waals surface area contributed by atoms with Gasteiger partial charge in [-0.15, -0.1) is 0 Å². The summed E-state index contributed by atoms with van der Waals surface area (Å²) in [5, 5.41) is 0. The van der Waals surface area contributed by atoms with Gasteiger partial charge in [0, 0.05) is 18.2 Å². The summed E-state index contributed by atoms with van der Waals surface area (Å²) in [6, 6.07) is 0. The Morgan fingerprint density at radius 1 is 1.78 bits per heavy atom. The summed E-state index contributed by atoms with van der Waals surface area (Å²) in [4.78, 5) is 9.92. The fraction of sp³-hybridized carbons (Fsp3) is 0.750. The second kappa shape index (κ2) is 4.60. The summed E-state index contributed by atoms with van der Waals surface area (Å²) in [5.41, 5.74) is 5.03. The Bertz CT molecular complexity index is 116. The van der Waals surface area contributed by atoms with Gasteiger partial charge in [0.15, 0.2) is 0 Å². The third-order valence-electron chi connectivity index (χ3n) is 0.845. The van der Waals surface area contributed by atoms with E-state index in [9.17, 15) is 13.6 Å². The van der Waals surface area contributed by atoms with Crippen molar-refractivity contribution in [2.75, 3.05) is 12.3 Å². The first-order valence-electron chi connectivity index (χ1n) is 2.42. The van der Waals surface area contributed by atoms with Crippen LogP contribution in [0.3, 0.4) is 0 Å². The van der Waals surface area contributed by atoms with Gasteiger partial charge in [-0.05, 0) is 0 Å². The van der Waals surface area contributed by atoms with Crippen molar-refractivity contribution in [1.82, 2.24) is 0 Å². The first kappa shape index (κ1) is 8.74. The van der Waals surface area contributed by atoms with Crippen LogP contribution in [0.2, 0.25) is 0 Å². The molecule has 0 fully saturated rings. The third kappa shape index (κ3) is 4.26. The molecule has 0 rings (SSSR count). The van der Waals surface area contributed by atoms with Crippen LogP contribution < -0.4 is 5.73 Å². The fourth-order valence-electron chi connectivity index (χ4n) is 0.338. The van der Waals surface area contributed by atoms with Gasteiger partial charge in [0.25, 0.3) is 0 Å². The standard InChI is InChI=1S/C4H9NO3S/c5-1-4(2-6)3-9(7)8/h2,4H,1,3,5H2,(H,7,8)/p-1. The minimum absolute atomic E-state index is 0.0947. The van der Waals surface area contributed by atoms with Crippen molar-refractivity contribution in [2.24, 2.45) is 11.7 Å². The van der Waals surface area contributed by atoms with E-state index >= 15 is 0 Å². The molecule has 5 heteroatoms. The highest BCUT2D eigenvalue weighted by molar-refractivity contribution is 7.79. The molecule has 0 aliphatic rings. The number of nitrogens with two attached hydrogens (primary N) is 1. The Hall–Kier alpha value is -0.260. The summed E-state index contributed by atoms with van der Waals surface area (Å²) in [7, 11) is 0. The molecular weight excluding hydrogens is 142 g/mol. The van der Waals surface area contributed by atoms with Crippen molar-refractivity contribution >= 4 is 17.4 Å². The van der Waals surface area contributed by atoms with Crippen LogP contribution in [-0.2, 0) is 15.9 Å². The van der Waals surface area contributed by atoms with E-state index in [1.807, 2.05) is 0 Å². The minimum atomic E-state index is -2.16. The molecule has 0 heterocycles. The number of hydrogen-bond acceptors (Lipinski definition) is 4. The third-order valence-corrected chi connectivity index (χ3v) is 1.55. The summed E-state index contributed by atoms with van der Waals surface area (Å²) in [5.74, 6) is -0.705. The van der Waals surface area contributed by atoms with Crippen LogP contribution in [0, 0.1) is 5.92 Å². The lowest BCUT2D eigenvalue weighted by molar-refractivity contribution is -0.110. The highest BCUT2D eigenvalue weighted by atomic mass is 32.2. The van der Waals surface area contributed by atoms with Crippen molar-refractivity contribution in [3.8, 4) is 0 Å². The molecule has 2 atom stereocenters. The van der Waals surface area contributed by atoms with Gasteiger partial charge in [0.05, 0.1) is 0 Å². The second-order valence-electron chi connectivity index (χ2n) is 1.60. The molecule has 0 aliphatic carbocycles. The molecule has 54 valence electrons. The number of hydrogen-bond donors (Lipinski definition) is 1. The van der Waals surface area contributed by atoms with Gasteiger partial charge in [-0.3, -0.25) is 4.21 Å². The molecule has 2 unspecified atom stereocenters. The molecule has 2 N–H and O–H groups in total. The lowest BCUT2D eigenvalue weighted by Gasteiger charge is -2.08. The summed E-state index contributed by atoms with van der Waals surface area (Å²) >= 11 is -2.16. The summed E-state index contributed by atoms with van der Waals surface area (Å²) in [6.07, 6.45) is 0.551. The average molecular weight is 150 g/mol. The van der Waals surface area contributed by atoms with E-state index in [0.717, 1.165) is 0 Å². The molecule has 0 bridgehead atoms. The number of carbonyl (C=O) groups excluding carboxylic acids is 1. The summed E-state index contributed by atoms with van der Waals surface area (Å²) in [6.45, 7) is 0.0947. The predicted molar refractivity (Wildman–Crippen MR) is 32.4 cm³/mol. The normalized spacial score (nSPS) is 16.7. The van der Waals surface area contributed by atoms with Gasteiger partial charge in [0.2, 0.25) is 0 Å². The monoisotopic (exact) mass is 150 g/mol. The van der Waals surface area contributed by atoms with Crippen molar-refractivity contribution in [1.29, 1.82) is 0 Å². The Morgan fingerprint density at radius 3 is 2.44 bits per heavy atom. The van der Waals surface area contributed by atoms with Crippen molar-refractivity contribution in [2.45, 2.75) is 0 Å². The molecule has 0 saturated heterocycles. The molecule has 0 aromatic carbocycles. The molecular formula is C4H8NO3S-. The van der Waals surface area contributed by atoms with Gasteiger partial charge in [-0.2, -0.15) is 0 Å². The molecule has 0 spiro atoms. The Kier molecular flexibility index (Phi) is 4.47. The Balaban J connectivity index is 3.55. The number of aldehydes is 1. The smallest absolute Gasteiger partial charge is 0.125 e. The Labute approximate surface area is 55.7 Å². The van der Waals surface area contributed by atoms with E-state index < -0.39 is 17.0 Å². The van der Waals surface area contributed by atoms with E-state index in [2.05, 4.69) is 0 Å². The van der Waals surface area contributed by atoms with Gasteiger partial charge in [-0.1, -0.05) is 11.1 Å². The van der Waals surface area contributed by atoms with E-state index in [4.69, 9.17) is 5.73 Å². The Morgan fingerprint density at radius 2 is 2.33 bits per heavy atom. The van der Waals surface area contributed by atoms with Crippen molar-refractivity contribution < 1.29 is 13.6 Å². The van der Waals surface area contributed by atoms with Crippen LogP contribution in [0.1, 0.15) is 0 Å². The molecule has 0 saturated carbocycles. The van der Waals surface area contributed by atoms with E-state index in [1.165, 1.54) is 0 Å². The maximum Gasteiger partial charge on any atom is 0.125 e. The molecule has 4 nitrogen and oxygen atoms in total. The maximum atomic E-state index is 9.92. The average Bonchev–Trinajstić information content (AvgIpc) is 1.82. The summed E-state index contributed by atoms with van der Waals surface area (Å²) < 4.78 is 19.8. The first-order valence-corrected chi connectivity index (χ1v) is 3.66. The fourth-order valence-corrected chi connectivity index (χ4v) is 0.902. The highest BCUT2D eigenvalue weighted by Gasteiger charge is 2.02. The lowest BCUT2D eigenvalue weighted by Crippen LogP contribution is -2.21. The van der Waals surface area contributed by atoms with Gasteiger partial charge in [-0.25, -0.2) is 0 Å². The number of rotatable bonds is 4. The topological polar surface area (TPSA) is 83.2 Å². The second-order valence-corrected chi connectivity index (χ2v) is 2.54. The molecule has 0 aliphatic heterocycles. The van der Waals surface area contributed by atoms with E-state index in [1.54, 1.807) is 0 Å². The van der Waals surface area contributed by atoms with Crippen LogP contribution in [0.15, 0.2) is 0 Å². The quantitative estimate of drug-likeness (QED) is 0.396. The van der Waals surface area contributed by atoms with Crippen LogP contribution >= 0.6 is 0 Å². The van der Waals surface area contributed by atoms with Gasteiger partial charge in [0.1, 0.15) is 6.29 Å². The SMILES string of the molecule is NCC(C=O)CS(=O)[O-]. The van der Waals surface area contributed by atoms with Crippen LogP contribution in [-0.4, -0.2) is 27.3 Å². The van der Waals surface area contributed by atoms with Crippen molar-refractivity contribution in [3.63, 3.8) is 0 Å². The largest absolute Gasteiger partial charge is 0.772 e. The number of carbonyl (C=O) groups is 1. The predicted octanol–water partition coefficient (Wildman–Crippen LogP) is -1.36. The maximum absolute atomic E-state index is 9.92. The van der Waals surface area contributed by atoms with Crippen molar-refractivity contribution in [3.05, 3.63) is 0 Å². The molecule has 9 heavy (non-hydrogen) atoms. The van der Waals surface area contributed by atoms with E-state index in [-0.39, 0.29) is 12.3 Å². The zero-order chi connectivity index (χ0) is 7.28. The molecule has 0 aromatic rings. The highest BCUT2D eigenvalue weighted by Crippen LogP contribution is 1.89. The van der Waals surface area contributed by atoms with Gasteiger partial charge < -0.3 is 15.1 Å².